The number of carbonyl (C=O) groups is 1. The van der Waals surface area contributed by atoms with Crippen molar-refractivity contribution in [1.29, 1.82) is 0 Å². The van der Waals surface area contributed by atoms with E-state index < -0.39 is 11.5 Å². The average molecular weight is 448 g/mol. The molecule has 1 aromatic heterocycles. The second-order valence-corrected chi connectivity index (χ2v) is 7.02. The number of amides is 1. The maximum absolute atomic E-state index is 12.7. The van der Waals surface area contributed by atoms with Gasteiger partial charge < -0.3 is 28.7 Å². The van der Waals surface area contributed by atoms with E-state index in [0.29, 0.717) is 50.2 Å². The van der Waals surface area contributed by atoms with Gasteiger partial charge in [0, 0.05) is 18.2 Å². The summed E-state index contributed by atoms with van der Waals surface area (Å²) in [6.07, 6.45) is -0.216. The first kappa shape index (κ1) is 22.3. The molecule has 0 saturated carbocycles. The molecular formula is C22H22ClNO7. The predicted molar refractivity (Wildman–Crippen MR) is 117 cm³/mol. The van der Waals surface area contributed by atoms with E-state index in [0.717, 1.165) is 0 Å². The van der Waals surface area contributed by atoms with Crippen LogP contribution in [0.15, 0.2) is 33.5 Å². The third kappa shape index (κ3) is 4.39. The van der Waals surface area contributed by atoms with Crippen molar-refractivity contribution in [2.24, 2.45) is 0 Å². The van der Waals surface area contributed by atoms with Gasteiger partial charge in [0.2, 0.25) is 5.91 Å². The summed E-state index contributed by atoms with van der Waals surface area (Å²) >= 11 is 6.16. The fourth-order valence-corrected chi connectivity index (χ4v) is 3.52. The molecule has 1 heterocycles. The van der Waals surface area contributed by atoms with Crippen LogP contribution in [0.4, 0.5) is 5.69 Å². The van der Waals surface area contributed by atoms with Crippen molar-refractivity contribution < 1.29 is 28.2 Å². The second-order valence-electron chi connectivity index (χ2n) is 6.61. The minimum absolute atomic E-state index is 0.215. The van der Waals surface area contributed by atoms with E-state index in [1.165, 1.54) is 34.5 Å². The molecule has 0 radical (unpaired) electrons. The van der Waals surface area contributed by atoms with Gasteiger partial charge in [0.1, 0.15) is 28.6 Å². The highest BCUT2D eigenvalue weighted by Crippen LogP contribution is 2.36. The lowest BCUT2D eigenvalue weighted by Crippen LogP contribution is -2.21. The molecule has 0 aliphatic heterocycles. The van der Waals surface area contributed by atoms with Crippen LogP contribution >= 0.6 is 11.6 Å². The number of carbonyl (C=O) groups excluding carboxylic acids is 1. The molecule has 164 valence electrons. The zero-order chi connectivity index (χ0) is 22.7. The van der Waals surface area contributed by atoms with Crippen LogP contribution in [0.1, 0.15) is 11.1 Å². The molecule has 0 bridgehead atoms. The molecular weight excluding hydrogens is 426 g/mol. The van der Waals surface area contributed by atoms with E-state index in [4.69, 9.17) is 35.0 Å². The molecule has 0 atom stereocenters. The van der Waals surface area contributed by atoms with E-state index in [2.05, 4.69) is 5.32 Å². The van der Waals surface area contributed by atoms with Crippen molar-refractivity contribution >= 4 is 34.2 Å². The SMILES string of the molecule is COc1cc(OC)c2c(C)c(CC(=O)Nc3cc(Cl)c(OC)cc3OC)c(=O)oc2c1. The summed E-state index contributed by atoms with van der Waals surface area (Å²) in [5.41, 5.74) is 0.845. The Morgan fingerprint density at radius 1 is 0.968 bits per heavy atom. The van der Waals surface area contributed by atoms with Gasteiger partial charge in [0.25, 0.3) is 0 Å². The minimum atomic E-state index is -0.616. The molecule has 3 aromatic rings. The van der Waals surface area contributed by atoms with Crippen LogP contribution in [0.3, 0.4) is 0 Å². The van der Waals surface area contributed by atoms with Gasteiger partial charge in [-0.1, -0.05) is 11.6 Å². The van der Waals surface area contributed by atoms with Gasteiger partial charge in [-0.25, -0.2) is 4.79 Å². The maximum atomic E-state index is 12.7. The Bertz CT molecular complexity index is 1200. The van der Waals surface area contributed by atoms with Gasteiger partial charge in [-0.05, 0) is 18.6 Å². The summed E-state index contributed by atoms with van der Waals surface area (Å²) in [5, 5.41) is 3.61. The highest BCUT2D eigenvalue weighted by Gasteiger charge is 2.20. The molecule has 0 fully saturated rings. The quantitative estimate of drug-likeness (QED) is 0.547. The molecule has 0 saturated heterocycles. The second kappa shape index (κ2) is 9.18. The Hall–Kier alpha value is -3.39. The van der Waals surface area contributed by atoms with Crippen LogP contribution in [0.2, 0.25) is 5.02 Å². The molecule has 0 spiro atoms. The van der Waals surface area contributed by atoms with Crippen LogP contribution in [0, 0.1) is 6.92 Å². The Labute approximate surface area is 183 Å². The van der Waals surface area contributed by atoms with E-state index in [9.17, 15) is 9.59 Å². The van der Waals surface area contributed by atoms with Gasteiger partial charge in [-0.3, -0.25) is 4.79 Å². The number of fused-ring (bicyclic) bond motifs is 1. The lowest BCUT2D eigenvalue weighted by Gasteiger charge is -2.14. The van der Waals surface area contributed by atoms with Crippen LogP contribution in [-0.4, -0.2) is 34.3 Å². The molecule has 1 amide bonds. The van der Waals surface area contributed by atoms with Crippen molar-refractivity contribution in [1.82, 2.24) is 0 Å². The monoisotopic (exact) mass is 447 g/mol. The summed E-state index contributed by atoms with van der Waals surface area (Å²) in [6.45, 7) is 1.74. The number of nitrogens with one attached hydrogen (secondary N) is 1. The molecule has 0 aliphatic rings. The summed E-state index contributed by atoms with van der Waals surface area (Å²) in [5.74, 6) is 1.29. The lowest BCUT2D eigenvalue weighted by molar-refractivity contribution is -0.115. The number of hydrogen-bond donors (Lipinski definition) is 1. The van der Waals surface area contributed by atoms with Crippen molar-refractivity contribution in [3.8, 4) is 23.0 Å². The van der Waals surface area contributed by atoms with E-state index in [1.54, 1.807) is 25.1 Å². The van der Waals surface area contributed by atoms with Crippen LogP contribution < -0.4 is 29.9 Å². The van der Waals surface area contributed by atoms with Gasteiger partial charge >= 0.3 is 5.63 Å². The summed E-state index contributed by atoms with van der Waals surface area (Å²) in [7, 11) is 5.94. The number of methoxy groups -OCH3 is 4. The Balaban J connectivity index is 1.98. The number of rotatable bonds is 7. The van der Waals surface area contributed by atoms with E-state index in [-0.39, 0.29) is 12.0 Å². The predicted octanol–water partition coefficient (Wildman–Crippen LogP) is 3.97. The summed E-state index contributed by atoms with van der Waals surface area (Å²) in [6, 6.07) is 6.36. The Kier molecular flexibility index (Phi) is 6.60. The number of aryl methyl sites for hydroxylation is 1. The fraction of sp³-hybridized carbons (Fsp3) is 0.273. The Morgan fingerprint density at radius 3 is 2.26 bits per heavy atom. The molecule has 0 aliphatic carbocycles. The number of benzene rings is 2. The van der Waals surface area contributed by atoms with Crippen molar-refractivity contribution in [3.63, 3.8) is 0 Å². The Morgan fingerprint density at radius 2 is 1.65 bits per heavy atom. The molecule has 31 heavy (non-hydrogen) atoms. The average Bonchev–Trinajstić information content (AvgIpc) is 2.75. The lowest BCUT2D eigenvalue weighted by atomic mass is 10.0. The van der Waals surface area contributed by atoms with Gasteiger partial charge in [0.15, 0.2) is 0 Å². The molecule has 2 aromatic carbocycles. The summed E-state index contributed by atoms with van der Waals surface area (Å²) in [4.78, 5) is 25.3. The highest BCUT2D eigenvalue weighted by atomic mass is 35.5. The van der Waals surface area contributed by atoms with Gasteiger partial charge in [-0.15, -0.1) is 0 Å². The summed E-state index contributed by atoms with van der Waals surface area (Å²) < 4.78 is 26.5. The first-order chi connectivity index (χ1) is 14.8. The van der Waals surface area contributed by atoms with Gasteiger partial charge in [-0.2, -0.15) is 0 Å². The smallest absolute Gasteiger partial charge is 0.340 e. The van der Waals surface area contributed by atoms with E-state index in [1.807, 2.05) is 0 Å². The fourth-order valence-electron chi connectivity index (χ4n) is 3.28. The third-order valence-corrected chi connectivity index (χ3v) is 5.15. The minimum Gasteiger partial charge on any atom is -0.496 e. The van der Waals surface area contributed by atoms with Crippen molar-refractivity contribution in [2.75, 3.05) is 33.8 Å². The first-order valence-corrected chi connectivity index (χ1v) is 9.60. The van der Waals surface area contributed by atoms with Gasteiger partial charge in [0.05, 0.1) is 56.5 Å². The van der Waals surface area contributed by atoms with Crippen molar-refractivity contribution in [2.45, 2.75) is 13.3 Å². The third-order valence-electron chi connectivity index (χ3n) is 4.86. The highest BCUT2D eigenvalue weighted by molar-refractivity contribution is 6.32. The van der Waals surface area contributed by atoms with Crippen LogP contribution in [0.25, 0.3) is 11.0 Å². The number of halogens is 1. The van der Waals surface area contributed by atoms with Crippen LogP contribution in [0.5, 0.6) is 23.0 Å². The number of anilines is 1. The van der Waals surface area contributed by atoms with Crippen LogP contribution in [-0.2, 0) is 11.2 Å². The van der Waals surface area contributed by atoms with E-state index >= 15 is 0 Å². The molecule has 9 heteroatoms. The molecule has 3 rings (SSSR count). The topological polar surface area (TPSA) is 96.2 Å². The molecule has 1 N–H and O–H groups in total. The zero-order valence-corrected chi connectivity index (χ0v) is 18.5. The molecule has 8 nitrogen and oxygen atoms in total. The standard InChI is InChI=1S/C22H22ClNO7/c1-11-13(22(26)31-19-7-12(27-2)6-18(30-5)21(11)19)8-20(25)24-15-9-14(23)16(28-3)10-17(15)29-4/h6-7,9-10H,8H2,1-5H3,(H,24,25). The zero-order valence-electron chi connectivity index (χ0n) is 17.8. The maximum Gasteiger partial charge on any atom is 0.340 e. The number of hydrogen-bond acceptors (Lipinski definition) is 7. The number of ether oxygens (including phenoxy) is 4. The normalized spacial score (nSPS) is 10.6. The van der Waals surface area contributed by atoms with Crippen molar-refractivity contribution in [3.05, 3.63) is 50.8 Å². The largest absolute Gasteiger partial charge is 0.496 e. The first-order valence-electron chi connectivity index (χ1n) is 9.22. The molecule has 0 unspecified atom stereocenters.